The van der Waals surface area contributed by atoms with E-state index in [4.69, 9.17) is 5.26 Å². The molecule has 6 heteroatoms. The highest BCUT2D eigenvalue weighted by Crippen LogP contribution is 2.09. The van der Waals surface area contributed by atoms with Crippen molar-refractivity contribution in [1.29, 1.82) is 5.26 Å². The molecule has 1 aromatic carbocycles. The van der Waals surface area contributed by atoms with Gasteiger partial charge in [-0.2, -0.15) is 5.26 Å². The van der Waals surface area contributed by atoms with Crippen molar-refractivity contribution in [3.63, 3.8) is 0 Å². The highest BCUT2D eigenvalue weighted by atomic mass is 16.2. The summed E-state index contributed by atoms with van der Waals surface area (Å²) in [4.78, 5) is 27.2. The summed E-state index contributed by atoms with van der Waals surface area (Å²) in [6, 6.07) is 9.51. The molecule has 0 atom stereocenters. The first kappa shape index (κ1) is 18.0. The molecule has 0 bridgehead atoms. The number of hydrogen-bond acceptors (Lipinski definition) is 4. The first-order valence-electron chi connectivity index (χ1n) is 8.30. The van der Waals surface area contributed by atoms with Crippen LogP contribution in [0.25, 0.3) is 0 Å². The quantitative estimate of drug-likeness (QED) is 0.726. The van der Waals surface area contributed by atoms with E-state index < -0.39 is 0 Å². The van der Waals surface area contributed by atoms with E-state index in [0.29, 0.717) is 31.6 Å². The van der Waals surface area contributed by atoms with Crippen molar-refractivity contribution < 1.29 is 9.59 Å². The monoisotopic (exact) mass is 328 g/mol. The largest absolute Gasteiger partial charge is 0.355 e. The average molecular weight is 328 g/mol. The molecule has 1 aliphatic heterocycles. The van der Waals surface area contributed by atoms with Crippen LogP contribution in [0, 0.1) is 11.3 Å². The van der Waals surface area contributed by atoms with Gasteiger partial charge in [0.1, 0.15) is 0 Å². The Balaban J connectivity index is 1.64. The van der Waals surface area contributed by atoms with E-state index in [1.807, 2.05) is 35.0 Å². The maximum Gasteiger partial charge on any atom is 0.234 e. The summed E-state index contributed by atoms with van der Waals surface area (Å²) in [5, 5.41) is 11.8. The zero-order chi connectivity index (χ0) is 17.4. The minimum absolute atomic E-state index is 0.0262. The summed E-state index contributed by atoms with van der Waals surface area (Å²) in [5.41, 5.74) is 1.64. The van der Waals surface area contributed by atoms with Crippen LogP contribution >= 0.6 is 0 Å². The van der Waals surface area contributed by atoms with Gasteiger partial charge in [-0.25, -0.2) is 0 Å². The molecule has 0 saturated carbocycles. The van der Waals surface area contributed by atoms with Gasteiger partial charge in [-0.3, -0.25) is 14.5 Å². The molecule has 1 aromatic rings. The molecular formula is C18H24N4O2. The second-order valence-electron chi connectivity index (χ2n) is 6.17. The summed E-state index contributed by atoms with van der Waals surface area (Å²) < 4.78 is 0. The Bertz CT molecular complexity index is 624. The van der Waals surface area contributed by atoms with Crippen LogP contribution in [0.15, 0.2) is 24.3 Å². The Morgan fingerprint density at radius 3 is 3.00 bits per heavy atom. The minimum Gasteiger partial charge on any atom is -0.355 e. The van der Waals surface area contributed by atoms with Crippen LogP contribution in [0.4, 0.5) is 0 Å². The zero-order valence-electron chi connectivity index (χ0n) is 14.1. The molecule has 0 radical (unpaired) electrons. The van der Waals surface area contributed by atoms with Gasteiger partial charge >= 0.3 is 0 Å². The normalized spacial score (nSPS) is 14.0. The van der Waals surface area contributed by atoms with E-state index in [-0.39, 0.29) is 11.8 Å². The number of nitrogens with zero attached hydrogens (tertiary/aromatic N) is 3. The molecule has 6 nitrogen and oxygen atoms in total. The van der Waals surface area contributed by atoms with Crippen LogP contribution in [0.3, 0.4) is 0 Å². The third-order valence-corrected chi connectivity index (χ3v) is 4.02. The third kappa shape index (κ3) is 5.67. The molecule has 1 heterocycles. The second-order valence-corrected chi connectivity index (χ2v) is 6.17. The standard InChI is InChI=1S/C18H24N4O2/c1-21(13-16-6-2-5-15(11-16)12-19)14-17(23)20-8-4-10-22-9-3-7-18(22)24/h2,5-6,11H,3-4,7-10,13-14H2,1H3,(H,20,23). The van der Waals surface area contributed by atoms with Crippen molar-refractivity contribution in [2.24, 2.45) is 0 Å². The topological polar surface area (TPSA) is 76.4 Å². The number of likely N-dealkylation sites (N-methyl/N-ethyl adjacent to an activating group) is 1. The summed E-state index contributed by atoms with van der Waals surface area (Å²) in [6.07, 6.45) is 2.39. The molecule has 1 N–H and O–H groups in total. The van der Waals surface area contributed by atoms with E-state index >= 15 is 0 Å². The molecule has 128 valence electrons. The Labute approximate surface area is 143 Å². The van der Waals surface area contributed by atoms with Crippen molar-refractivity contribution >= 4 is 11.8 Å². The van der Waals surface area contributed by atoms with Gasteiger partial charge in [0.25, 0.3) is 0 Å². The molecule has 2 amide bonds. The van der Waals surface area contributed by atoms with Gasteiger partial charge in [0.2, 0.25) is 11.8 Å². The van der Waals surface area contributed by atoms with Gasteiger partial charge in [-0.05, 0) is 37.6 Å². The lowest BCUT2D eigenvalue weighted by atomic mass is 10.1. The summed E-state index contributed by atoms with van der Waals surface area (Å²) in [5.74, 6) is 0.197. The Kier molecular flexibility index (Phi) is 6.76. The molecule has 24 heavy (non-hydrogen) atoms. The van der Waals surface area contributed by atoms with E-state index in [2.05, 4.69) is 11.4 Å². The molecular weight excluding hydrogens is 304 g/mol. The Hall–Kier alpha value is -2.39. The maximum absolute atomic E-state index is 11.9. The average Bonchev–Trinajstić information content (AvgIpc) is 2.96. The van der Waals surface area contributed by atoms with Gasteiger partial charge < -0.3 is 10.2 Å². The fraction of sp³-hybridized carbons (Fsp3) is 0.500. The molecule has 0 spiro atoms. The van der Waals surface area contributed by atoms with Gasteiger partial charge in [-0.15, -0.1) is 0 Å². The van der Waals surface area contributed by atoms with Crippen molar-refractivity contribution in [3.8, 4) is 6.07 Å². The number of nitrogens with one attached hydrogen (secondary N) is 1. The van der Waals surface area contributed by atoms with E-state index in [1.54, 1.807) is 6.07 Å². The van der Waals surface area contributed by atoms with Crippen LogP contribution in [0.1, 0.15) is 30.4 Å². The van der Waals surface area contributed by atoms with Crippen LogP contribution in [0.5, 0.6) is 0 Å². The van der Waals surface area contributed by atoms with Gasteiger partial charge in [0.15, 0.2) is 0 Å². The van der Waals surface area contributed by atoms with Crippen LogP contribution in [-0.2, 0) is 16.1 Å². The summed E-state index contributed by atoms with van der Waals surface area (Å²) in [7, 11) is 1.88. The fourth-order valence-corrected chi connectivity index (χ4v) is 2.85. The third-order valence-electron chi connectivity index (χ3n) is 4.02. The molecule has 1 fully saturated rings. The number of benzene rings is 1. The molecule has 1 saturated heterocycles. The van der Waals surface area contributed by atoms with Gasteiger partial charge in [0.05, 0.1) is 18.2 Å². The van der Waals surface area contributed by atoms with E-state index in [0.717, 1.165) is 31.5 Å². The lowest BCUT2D eigenvalue weighted by molar-refractivity contribution is -0.127. The molecule has 1 aliphatic rings. The molecule has 0 aliphatic carbocycles. The van der Waals surface area contributed by atoms with Gasteiger partial charge in [0, 0.05) is 32.6 Å². The summed E-state index contributed by atoms with van der Waals surface area (Å²) >= 11 is 0. The second kappa shape index (κ2) is 9.04. The molecule has 0 unspecified atom stereocenters. The van der Waals surface area contributed by atoms with Gasteiger partial charge in [-0.1, -0.05) is 12.1 Å². The Morgan fingerprint density at radius 1 is 1.46 bits per heavy atom. The number of carbonyl (C=O) groups is 2. The number of hydrogen-bond donors (Lipinski definition) is 1. The first-order chi connectivity index (χ1) is 11.6. The SMILES string of the molecule is CN(CC(=O)NCCCN1CCCC1=O)Cc1cccc(C#N)c1. The number of rotatable bonds is 8. The number of likely N-dealkylation sites (tertiary alicyclic amines) is 1. The lowest BCUT2D eigenvalue weighted by Gasteiger charge is -2.18. The smallest absolute Gasteiger partial charge is 0.234 e. The van der Waals surface area contributed by atoms with Crippen molar-refractivity contribution in [2.75, 3.05) is 33.2 Å². The number of nitriles is 1. The highest BCUT2D eigenvalue weighted by Gasteiger charge is 2.19. The molecule has 2 rings (SSSR count). The fourth-order valence-electron chi connectivity index (χ4n) is 2.85. The molecule has 0 aromatic heterocycles. The first-order valence-corrected chi connectivity index (χ1v) is 8.30. The number of carbonyl (C=O) groups excluding carboxylic acids is 2. The van der Waals surface area contributed by atoms with Crippen LogP contribution in [-0.4, -0.2) is 54.8 Å². The van der Waals surface area contributed by atoms with Crippen LogP contribution in [0.2, 0.25) is 0 Å². The van der Waals surface area contributed by atoms with Crippen molar-refractivity contribution in [2.45, 2.75) is 25.8 Å². The van der Waals surface area contributed by atoms with Crippen LogP contribution < -0.4 is 5.32 Å². The predicted octanol–water partition coefficient (Wildman–Crippen LogP) is 1.12. The highest BCUT2D eigenvalue weighted by molar-refractivity contribution is 5.78. The Morgan fingerprint density at radius 2 is 2.29 bits per heavy atom. The van der Waals surface area contributed by atoms with E-state index in [9.17, 15) is 9.59 Å². The summed E-state index contributed by atoms with van der Waals surface area (Å²) in [6.45, 7) is 3.07. The predicted molar refractivity (Wildman–Crippen MR) is 90.9 cm³/mol. The van der Waals surface area contributed by atoms with E-state index in [1.165, 1.54) is 0 Å². The lowest BCUT2D eigenvalue weighted by Crippen LogP contribution is -2.36. The van der Waals surface area contributed by atoms with Crippen molar-refractivity contribution in [1.82, 2.24) is 15.1 Å². The maximum atomic E-state index is 11.9. The number of amides is 2. The minimum atomic E-state index is -0.0262. The van der Waals surface area contributed by atoms with Crippen molar-refractivity contribution in [3.05, 3.63) is 35.4 Å². The zero-order valence-corrected chi connectivity index (χ0v) is 14.1.